The van der Waals surface area contributed by atoms with Crippen LogP contribution >= 0.6 is 0 Å². The van der Waals surface area contributed by atoms with Gasteiger partial charge in [0.1, 0.15) is 5.76 Å². The lowest BCUT2D eigenvalue weighted by molar-refractivity contribution is -0.384. The highest BCUT2D eigenvalue weighted by atomic mass is 16.6. The first kappa shape index (κ1) is 20.8. The average molecular weight is 411 g/mol. The Bertz CT molecular complexity index is 1090. The van der Waals surface area contributed by atoms with Gasteiger partial charge in [-0.25, -0.2) is 0 Å². The number of non-ortho nitro benzene ring substituents is 1. The Morgan fingerprint density at radius 1 is 1.20 bits per heavy atom. The highest BCUT2D eigenvalue weighted by Crippen LogP contribution is 2.31. The molecule has 0 aliphatic rings. The Balaban J connectivity index is 1.60. The minimum absolute atomic E-state index is 0.103. The molecule has 0 bridgehead atoms. The molecule has 3 rings (SSSR count). The number of nitrogens with zero attached hydrogens (tertiary/aromatic N) is 1. The van der Waals surface area contributed by atoms with Crippen molar-refractivity contribution in [2.75, 3.05) is 13.2 Å². The zero-order valence-corrected chi connectivity index (χ0v) is 16.5. The fourth-order valence-electron chi connectivity index (χ4n) is 2.93. The van der Waals surface area contributed by atoms with Gasteiger partial charge in [-0.2, -0.15) is 0 Å². The van der Waals surface area contributed by atoms with Gasteiger partial charge in [0.2, 0.25) is 5.91 Å². The van der Waals surface area contributed by atoms with Crippen LogP contribution in [0.15, 0.2) is 52.9 Å². The van der Waals surface area contributed by atoms with E-state index >= 15 is 0 Å². The number of nitrogens with one attached hydrogen (secondary N) is 2. The van der Waals surface area contributed by atoms with Gasteiger partial charge in [-0.1, -0.05) is 18.2 Å². The van der Waals surface area contributed by atoms with E-state index in [0.717, 1.165) is 11.5 Å². The predicted octanol–water partition coefficient (Wildman–Crippen LogP) is 3.35. The van der Waals surface area contributed by atoms with Crippen molar-refractivity contribution in [3.8, 4) is 5.75 Å². The molecule has 2 aromatic carbocycles. The molecule has 1 aromatic heterocycles. The molecular weight excluding hydrogens is 390 g/mol. The molecule has 156 valence electrons. The average Bonchev–Trinajstić information content (AvgIpc) is 3.18. The normalized spacial score (nSPS) is 11.7. The first-order valence-electron chi connectivity index (χ1n) is 9.36. The number of furan rings is 1. The predicted molar refractivity (Wildman–Crippen MR) is 109 cm³/mol. The molecule has 9 nitrogen and oxygen atoms in total. The summed E-state index contributed by atoms with van der Waals surface area (Å²) in [5.74, 6) is 0.179. The molecule has 0 aliphatic carbocycles. The molecule has 2 amide bonds. The monoisotopic (exact) mass is 411 g/mol. The molecule has 0 spiro atoms. The quantitative estimate of drug-likeness (QED) is 0.433. The largest absolute Gasteiger partial charge is 0.490 e. The minimum Gasteiger partial charge on any atom is -0.490 e. The van der Waals surface area contributed by atoms with Crippen LogP contribution in [0.1, 0.15) is 36.0 Å². The second-order valence-electron chi connectivity index (χ2n) is 6.54. The van der Waals surface area contributed by atoms with Crippen molar-refractivity contribution in [3.05, 3.63) is 70.0 Å². The summed E-state index contributed by atoms with van der Waals surface area (Å²) in [7, 11) is 0. The Kier molecular flexibility index (Phi) is 6.31. The number of para-hydroxylation sites is 1. The second kappa shape index (κ2) is 9.08. The lowest BCUT2D eigenvalue weighted by Gasteiger charge is -2.12. The van der Waals surface area contributed by atoms with Crippen molar-refractivity contribution in [1.82, 2.24) is 10.6 Å². The van der Waals surface area contributed by atoms with Gasteiger partial charge < -0.3 is 19.8 Å². The van der Waals surface area contributed by atoms with E-state index in [0.29, 0.717) is 23.7 Å². The molecule has 1 atom stereocenters. The zero-order chi connectivity index (χ0) is 21.7. The second-order valence-corrected chi connectivity index (χ2v) is 6.54. The number of fused-ring (bicyclic) bond motifs is 1. The van der Waals surface area contributed by atoms with Gasteiger partial charge >= 0.3 is 0 Å². The number of nitro groups is 1. The van der Waals surface area contributed by atoms with Crippen molar-refractivity contribution in [3.63, 3.8) is 0 Å². The van der Waals surface area contributed by atoms with Crippen LogP contribution in [-0.2, 0) is 4.79 Å². The molecule has 0 saturated carbocycles. The van der Waals surface area contributed by atoms with Crippen molar-refractivity contribution in [1.29, 1.82) is 0 Å². The summed E-state index contributed by atoms with van der Waals surface area (Å²) in [4.78, 5) is 34.6. The number of amides is 2. The van der Waals surface area contributed by atoms with Crippen molar-refractivity contribution in [2.24, 2.45) is 0 Å². The molecule has 1 heterocycles. The zero-order valence-electron chi connectivity index (χ0n) is 16.5. The lowest BCUT2D eigenvalue weighted by Crippen LogP contribution is -2.37. The highest BCUT2D eigenvalue weighted by molar-refractivity contribution is 5.97. The first-order chi connectivity index (χ1) is 14.4. The fraction of sp³-hybridized carbons (Fsp3) is 0.238. The molecule has 1 unspecified atom stereocenters. The molecular formula is C21H21N3O6. The topological polar surface area (TPSA) is 124 Å². The Hall–Kier alpha value is -3.88. The Morgan fingerprint density at radius 2 is 1.97 bits per heavy atom. The minimum atomic E-state index is -0.588. The summed E-state index contributed by atoms with van der Waals surface area (Å²) in [6.45, 7) is 3.87. The summed E-state index contributed by atoms with van der Waals surface area (Å²) >= 11 is 0. The maximum Gasteiger partial charge on any atom is 0.270 e. The third kappa shape index (κ3) is 4.75. The standard InChI is InChI=1S/C21H21N3O6/c1-3-29-17-9-5-6-14-11-18(30-20(14)17)13(2)23-19(25)12-22-21(26)15-7-4-8-16(10-15)24(27)28/h4-11,13H,3,12H2,1-2H3,(H,22,26)(H,23,25). The van der Waals surface area contributed by atoms with Crippen LogP contribution in [-0.4, -0.2) is 29.9 Å². The number of carbonyl (C=O) groups excluding carboxylic acids is 2. The van der Waals surface area contributed by atoms with Crippen LogP contribution in [0.5, 0.6) is 5.75 Å². The van der Waals surface area contributed by atoms with E-state index in [9.17, 15) is 19.7 Å². The summed E-state index contributed by atoms with van der Waals surface area (Å²) in [5.41, 5.74) is 0.511. The molecule has 0 radical (unpaired) electrons. The number of hydrogen-bond acceptors (Lipinski definition) is 6. The molecule has 3 aromatic rings. The summed E-state index contributed by atoms with van der Waals surface area (Å²) in [6, 6.07) is 12.2. The van der Waals surface area contributed by atoms with E-state index in [1.165, 1.54) is 18.2 Å². The highest BCUT2D eigenvalue weighted by Gasteiger charge is 2.17. The van der Waals surface area contributed by atoms with Crippen LogP contribution in [0.25, 0.3) is 11.0 Å². The third-order valence-electron chi connectivity index (χ3n) is 4.36. The SMILES string of the molecule is CCOc1cccc2cc(C(C)NC(=O)CNC(=O)c3cccc([N+](=O)[O-])c3)oc12. The van der Waals surface area contributed by atoms with Crippen LogP contribution < -0.4 is 15.4 Å². The van der Waals surface area contributed by atoms with E-state index in [2.05, 4.69) is 10.6 Å². The molecule has 0 fully saturated rings. The van der Waals surface area contributed by atoms with Gasteiger partial charge in [-0.3, -0.25) is 19.7 Å². The summed E-state index contributed by atoms with van der Waals surface area (Å²) in [6.07, 6.45) is 0. The summed E-state index contributed by atoms with van der Waals surface area (Å²) < 4.78 is 11.4. The Morgan fingerprint density at radius 3 is 2.70 bits per heavy atom. The van der Waals surface area contributed by atoms with Crippen LogP contribution in [0.3, 0.4) is 0 Å². The molecule has 2 N–H and O–H groups in total. The van der Waals surface area contributed by atoms with E-state index < -0.39 is 22.8 Å². The molecule has 0 saturated heterocycles. The van der Waals surface area contributed by atoms with Gasteiger partial charge in [0.05, 0.1) is 24.1 Å². The Labute approximate surface area is 172 Å². The maximum atomic E-state index is 12.2. The lowest BCUT2D eigenvalue weighted by atomic mass is 10.2. The fourth-order valence-corrected chi connectivity index (χ4v) is 2.93. The van der Waals surface area contributed by atoms with E-state index in [4.69, 9.17) is 9.15 Å². The number of nitro benzene ring substituents is 1. The van der Waals surface area contributed by atoms with Gasteiger partial charge in [0.25, 0.3) is 11.6 Å². The van der Waals surface area contributed by atoms with Gasteiger partial charge in [-0.15, -0.1) is 0 Å². The van der Waals surface area contributed by atoms with Crippen LogP contribution in [0.2, 0.25) is 0 Å². The maximum absolute atomic E-state index is 12.2. The number of hydrogen-bond donors (Lipinski definition) is 2. The van der Waals surface area contributed by atoms with Crippen molar-refractivity contribution < 1.29 is 23.7 Å². The smallest absolute Gasteiger partial charge is 0.270 e. The van der Waals surface area contributed by atoms with Crippen LogP contribution in [0, 0.1) is 10.1 Å². The first-order valence-corrected chi connectivity index (χ1v) is 9.36. The van der Waals surface area contributed by atoms with E-state index in [-0.39, 0.29) is 17.8 Å². The van der Waals surface area contributed by atoms with Crippen LogP contribution in [0.4, 0.5) is 5.69 Å². The van der Waals surface area contributed by atoms with Gasteiger partial charge in [0, 0.05) is 23.1 Å². The van der Waals surface area contributed by atoms with Gasteiger partial charge in [-0.05, 0) is 32.0 Å². The molecule has 30 heavy (non-hydrogen) atoms. The number of benzene rings is 2. The van der Waals surface area contributed by atoms with Crippen molar-refractivity contribution >= 4 is 28.5 Å². The van der Waals surface area contributed by atoms with Gasteiger partial charge in [0.15, 0.2) is 11.3 Å². The number of ether oxygens (including phenoxy) is 1. The molecule has 9 heteroatoms. The van der Waals surface area contributed by atoms with E-state index in [1.807, 2.05) is 31.2 Å². The molecule has 0 aliphatic heterocycles. The third-order valence-corrected chi connectivity index (χ3v) is 4.36. The van der Waals surface area contributed by atoms with Crippen molar-refractivity contribution in [2.45, 2.75) is 19.9 Å². The van der Waals surface area contributed by atoms with E-state index in [1.54, 1.807) is 6.92 Å². The number of rotatable bonds is 8. The summed E-state index contributed by atoms with van der Waals surface area (Å²) in [5, 5.41) is 16.9. The number of carbonyl (C=O) groups is 2.